The number of aromatic nitrogens is 2. The maximum absolute atomic E-state index is 6.36. The van der Waals surface area contributed by atoms with Crippen LogP contribution in [0.4, 0.5) is 0 Å². The molecule has 0 saturated carbocycles. The van der Waals surface area contributed by atoms with Crippen molar-refractivity contribution >= 4 is 22.6 Å². The molecule has 1 N–H and O–H groups in total. The molecule has 3 heterocycles. The van der Waals surface area contributed by atoms with E-state index in [0.717, 1.165) is 22.6 Å². The van der Waals surface area contributed by atoms with E-state index in [-0.39, 0.29) is 0 Å². The van der Waals surface area contributed by atoms with Crippen molar-refractivity contribution in [2.45, 2.75) is 50.7 Å². The summed E-state index contributed by atoms with van der Waals surface area (Å²) in [6.07, 6.45) is 3.84. The lowest BCUT2D eigenvalue weighted by Crippen LogP contribution is -2.23. The first-order chi connectivity index (χ1) is 9.28. The summed E-state index contributed by atoms with van der Waals surface area (Å²) in [4.78, 5) is 4.88. The third-order valence-electron chi connectivity index (χ3n) is 4.69. The molecular weight excluding hydrogens is 258 g/mol. The predicted octanol–water partition coefficient (Wildman–Crippen LogP) is 3.32. The van der Waals surface area contributed by atoms with E-state index in [1.807, 2.05) is 12.1 Å². The molecule has 2 aliphatic heterocycles. The molecule has 2 aliphatic rings. The van der Waals surface area contributed by atoms with Gasteiger partial charge in [-0.1, -0.05) is 17.7 Å². The fraction of sp³-hybridized carbons (Fsp3) is 0.533. The zero-order chi connectivity index (χ0) is 13.0. The van der Waals surface area contributed by atoms with E-state index in [1.54, 1.807) is 0 Å². The van der Waals surface area contributed by atoms with E-state index in [2.05, 4.69) is 22.9 Å². The number of aryl methyl sites for hydroxylation is 1. The van der Waals surface area contributed by atoms with Gasteiger partial charge in [-0.05, 0) is 38.3 Å². The van der Waals surface area contributed by atoms with Crippen molar-refractivity contribution in [1.82, 2.24) is 14.9 Å². The van der Waals surface area contributed by atoms with Crippen molar-refractivity contribution in [3.8, 4) is 0 Å². The molecule has 2 saturated heterocycles. The average molecular weight is 276 g/mol. The number of rotatable bonds is 2. The van der Waals surface area contributed by atoms with E-state index >= 15 is 0 Å². The highest BCUT2D eigenvalue weighted by molar-refractivity contribution is 6.35. The van der Waals surface area contributed by atoms with Crippen molar-refractivity contribution < 1.29 is 0 Å². The van der Waals surface area contributed by atoms with Gasteiger partial charge in [-0.15, -0.1) is 0 Å². The summed E-state index contributed by atoms with van der Waals surface area (Å²) in [5, 5.41) is 4.51. The van der Waals surface area contributed by atoms with Crippen LogP contribution >= 0.6 is 11.6 Å². The number of nitrogens with zero attached hydrogens (tertiary/aromatic N) is 2. The summed E-state index contributed by atoms with van der Waals surface area (Å²) in [6, 6.07) is 7.33. The molecule has 4 rings (SSSR count). The molecule has 19 heavy (non-hydrogen) atoms. The van der Waals surface area contributed by atoms with Gasteiger partial charge >= 0.3 is 0 Å². The molecule has 3 unspecified atom stereocenters. The molecule has 2 fully saturated rings. The highest BCUT2D eigenvalue weighted by atomic mass is 35.5. The van der Waals surface area contributed by atoms with Crippen molar-refractivity contribution in [2.75, 3.05) is 0 Å². The van der Waals surface area contributed by atoms with Crippen LogP contribution in [0.15, 0.2) is 18.2 Å². The Labute approximate surface area is 118 Å². The summed E-state index contributed by atoms with van der Waals surface area (Å²) < 4.78 is 2.31. The van der Waals surface area contributed by atoms with E-state index in [9.17, 15) is 0 Å². The Morgan fingerprint density at radius 2 is 2.32 bits per heavy atom. The number of nitrogens with one attached hydrogen (secondary N) is 1. The van der Waals surface area contributed by atoms with E-state index in [1.165, 1.54) is 25.1 Å². The third-order valence-corrected chi connectivity index (χ3v) is 5.00. The van der Waals surface area contributed by atoms with Gasteiger partial charge in [-0.25, -0.2) is 4.98 Å². The van der Waals surface area contributed by atoms with E-state index < -0.39 is 0 Å². The lowest BCUT2D eigenvalue weighted by Gasteiger charge is -2.20. The molecule has 2 bridgehead atoms. The fourth-order valence-corrected chi connectivity index (χ4v) is 4.14. The largest absolute Gasteiger partial charge is 0.327 e. The molecule has 2 aromatic rings. The molecule has 4 heteroatoms. The second-order valence-electron chi connectivity index (χ2n) is 5.71. The zero-order valence-corrected chi connectivity index (χ0v) is 11.8. The number of para-hydroxylation sites is 1. The van der Waals surface area contributed by atoms with Crippen LogP contribution in [-0.2, 0) is 6.54 Å². The van der Waals surface area contributed by atoms with Crippen LogP contribution in [0.5, 0.6) is 0 Å². The van der Waals surface area contributed by atoms with Gasteiger partial charge in [0.2, 0.25) is 0 Å². The summed E-state index contributed by atoms with van der Waals surface area (Å²) in [5.74, 6) is 1.78. The summed E-state index contributed by atoms with van der Waals surface area (Å²) in [5.41, 5.74) is 2.14. The predicted molar refractivity (Wildman–Crippen MR) is 77.7 cm³/mol. The van der Waals surface area contributed by atoms with Crippen LogP contribution < -0.4 is 5.32 Å². The lowest BCUT2D eigenvalue weighted by molar-refractivity contribution is 0.472. The third kappa shape index (κ3) is 1.65. The van der Waals surface area contributed by atoms with Gasteiger partial charge in [-0.3, -0.25) is 0 Å². The van der Waals surface area contributed by atoms with Gasteiger partial charge in [0, 0.05) is 24.5 Å². The first-order valence-electron chi connectivity index (χ1n) is 7.18. The van der Waals surface area contributed by atoms with Crippen LogP contribution in [0.1, 0.15) is 37.9 Å². The highest BCUT2D eigenvalue weighted by Gasteiger charge is 2.42. The Morgan fingerprint density at radius 1 is 1.42 bits per heavy atom. The van der Waals surface area contributed by atoms with Crippen LogP contribution in [0.3, 0.4) is 0 Å². The number of hydrogen-bond acceptors (Lipinski definition) is 2. The standard InChI is InChI=1S/C15H18ClN3/c1-2-19-14-11(16)4-3-5-13(14)18-15(19)10-8-9-6-7-12(10)17-9/h3-5,9-10,12,17H,2,6-8H2,1H3. The van der Waals surface area contributed by atoms with E-state index in [0.29, 0.717) is 18.0 Å². The molecule has 3 atom stereocenters. The van der Waals surface area contributed by atoms with Gasteiger partial charge < -0.3 is 9.88 Å². The molecule has 100 valence electrons. The maximum atomic E-state index is 6.36. The fourth-order valence-electron chi connectivity index (χ4n) is 3.87. The molecular formula is C15H18ClN3. The summed E-state index contributed by atoms with van der Waals surface area (Å²) in [7, 11) is 0. The first-order valence-corrected chi connectivity index (χ1v) is 7.56. The summed E-state index contributed by atoms with van der Waals surface area (Å²) in [6.45, 7) is 3.11. The SMILES string of the molecule is CCn1c(C2CC3CCC2N3)nc2cccc(Cl)c21. The maximum Gasteiger partial charge on any atom is 0.114 e. The van der Waals surface area contributed by atoms with Gasteiger partial charge in [0.1, 0.15) is 5.82 Å². The Hall–Kier alpha value is -1.06. The minimum absolute atomic E-state index is 0.558. The Morgan fingerprint density at radius 3 is 3.00 bits per heavy atom. The second-order valence-corrected chi connectivity index (χ2v) is 6.12. The van der Waals surface area contributed by atoms with Crippen LogP contribution in [0.25, 0.3) is 11.0 Å². The Bertz CT molecular complexity index is 634. The molecule has 0 amide bonds. The normalized spacial score (nSPS) is 29.5. The quantitative estimate of drug-likeness (QED) is 0.911. The molecule has 3 nitrogen and oxygen atoms in total. The zero-order valence-electron chi connectivity index (χ0n) is 11.1. The topological polar surface area (TPSA) is 29.9 Å². The van der Waals surface area contributed by atoms with Gasteiger partial charge in [0.15, 0.2) is 0 Å². The van der Waals surface area contributed by atoms with Crippen LogP contribution in [0, 0.1) is 0 Å². The molecule has 0 aliphatic carbocycles. The minimum Gasteiger partial charge on any atom is -0.327 e. The number of fused-ring (bicyclic) bond motifs is 3. The lowest BCUT2D eigenvalue weighted by atomic mass is 9.88. The first kappa shape index (κ1) is 11.7. The number of halogens is 1. The number of imidazole rings is 1. The minimum atomic E-state index is 0.558. The van der Waals surface area contributed by atoms with Gasteiger partial charge in [0.25, 0.3) is 0 Å². The van der Waals surface area contributed by atoms with Crippen molar-refractivity contribution in [3.05, 3.63) is 29.0 Å². The van der Waals surface area contributed by atoms with Crippen molar-refractivity contribution in [3.63, 3.8) is 0 Å². The molecule has 1 aromatic carbocycles. The Balaban J connectivity index is 1.88. The molecule has 0 radical (unpaired) electrons. The number of benzene rings is 1. The average Bonchev–Trinajstić information content (AvgIpc) is 3.11. The summed E-state index contributed by atoms with van der Waals surface area (Å²) >= 11 is 6.36. The van der Waals surface area contributed by atoms with Gasteiger partial charge in [0.05, 0.1) is 16.1 Å². The molecule has 0 spiro atoms. The smallest absolute Gasteiger partial charge is 0.114 e. The number of hydrogen-bond donors (Lipinski definition) is 1. The van der Waals surface area contributed by atoms with Gasteiger partial charge in [-0.2, -0.15) is 0 Å². The van der Waals surface area contributed by atoms with Crippen molar-refractivity contribution in [2.24, 2.45) is 0 Å². The molecule has 1 aromatic heterocycles. The second kappa shape index (κ2) is 4.22. The Kier molecular flexibility index (Phi) is 2.61. The van der Waals surface area contributed by atoms with E-state index in [4.69, 9.17) is 16.6 Å². The monoisotopic (exact) mass is 275 g/mol. The van der Waals surface area contributed by atoms with Crippen LogP contribution in [-0.4, -0.2) is 21.6 Å². The van der Waals surface area contributed by atoms with Crippen LogP contribution in [0.2, 0.25) is 5.02 Å². The van der Waals surface area contributed by atoms with Crippen molar-refractivity contribution in [1.29, 1.82) is 0 Å². The highest BCUT2D eigenvalue weighted by Crippen LogP contribution is 2.41.